The maximum absolute atomic E-state index is 13.2. The van der Waals surface area contributed by atoms with Crippen LogP contribution in [0.4, 0.5) is 13.2 Å². The Balaban J connectivity index is 2.30. The standard InChI is InChI=1S/C17H12ClF3N2/c1-11-6-5-9-13(10-11)23-15(12-7-3-2-4-8-12)14(18)16(22-23)17(19,20)21/h2-10H,1H3. The highest BCUT2D eigenvalue weighted by molar-refractivity contribution is 6.34. The van der Waals surface area contributed by atoms with E-state index in [1.54, 1.807) is 48.5 Å². The summed E-state index contributed by atoms with van der Waals surface area (Å²) in [4.78, 5) is 0. The number of hydrogen-bond donors (Lipinski definition) is 0. The third-order valence-electron chi connectivity index (χ3n) is 3.39. The summed E-state index contributed by atoms with van der Waals surface area (Å²) < 4.78 is 40.8. The number of halogens is 4. The van der Waals surface area contributed by atoms with Crippen LogP contribution >= 0.6 is 11.6 Å². The normalized spacial score (nSPS) is 11.7. The van der Waals surface area contributed by atoms with Crippen LogP contribution in [0.15, 0.2) is 54.6 Å². The molecule has 2 aromatic carbocycles. The van der Waals surface area contributed by atoms with Crippen LogP contribution in [0.1, 0.15) is 11.3 Å². The van der Waals surface area contributed by atoms with Crippen molar-refractivity contribution in [2.75, 3.05) is 0 Å². The van der Waals surface area contributed by atoms with Gasteiger partial charge in [-0.25, -0.2) is 4.68 Å². The lowest BCUT2D eigenvalue weighted by Gasteiger charge is -2.08. The van der Waals surface area contributed by atoms with Crippen molar-refractivity contribution in [3.05, 3.63) is 70.9 Å². The van der Waals surface area contributed by atoms with E-state index in [1.807, 2.05) is 13.0 Å². The van der Waals surface area contributed by atoms with Gasteiger partial charge in [-0.05, 0) is 24.6 Å². The second-order valence-corrected chi connectivity index (χ2v) is 5.50. The largest absolute Gasteiger partial charge is 0.436 e. The Bertz CT molecular complexity index is 839. The van der Waals surface area contributed by atoms with Gasteiger partial charge in [0.15, 0.2) is 5.69 Å². The molecule has 0 saturated carbocycles. The molecule has 3 aromatic rings. The molecule has 0 amide bonds. The van der Waals surface area contributed by atoms with Gasteiger partial charge in [0, 0.05) is 5.56 Å². The van der Waals surface area contributed by atoms with Crippen molar-refractivity contribution in [1.29, 1.82) is 0 Å². The zero-order valence-corrected chi connectivity index (χ0v) is 12.9. The van der Waals surface area contributed by atoms with Gasteiger partial charge in [-0.1, -0.05) is 54.1 Å². The predicted octanol–water partition coefficient (Wildman–Crippen LogP) is 5.52. The minimum absolute atomic E-state index is 0.227. The molecule has 0 unspecified atom stereocenters. The highest BCUT2D eigenvalue weighted by Crippen LogP contribution is 2.40. The number of aromatic nitrogens is 2. The van der Waals surface area contributed by atoms with E-state index < -0.39 is 16.9 Å². The van der Waals surface area contributed by atoms with Gasteiger partial charge >= 0.3 is 6.18 Å². The van der Waals surface area contributed by atoms with E-state index in [-0.39, 0.29) is 5.69 Å². The Morgan fingerprint density at radius 1 is 1.00 bits per heavy atom. The van der Waals surface area contributed by atoms with Crippen molar-refractivity contribution in [3.63, 3.8) is 0 Å². The molecule has 0 fully saturated rings. The van der Waals surface area contributed by atoms with Crippen LogP contribution in [0.25, 0.3) is 16.9 Å². The number of benzene rings is 2. The molecule has 6 heteroatoms. The van der Waals surface area contributed by atoms with Gasteiger partial charge in [0.05, 0.1) is 16.4 Å². The van der Waals surface area contributed by atoms with E-state index in [4.69, 9.17) is 11.6 Å². The zero-order valence-electron chi connectivity index (χ0n) is 12.1. The Kier molecular flexibility index (Phi) is 3.90. The average molecular weight is 337 g/mol. The zero-order chi connectivity index (χ0) is 16.6. The molecule has 0 radical (unpaired) electrons. The van der Waals surface area contributed by atoms with E-state index >= 15 is 0 Å². The molecular formula is C17H12ClF3N2. The molecule has 1 aromatic heterocycles. The monoisotopic (exact) mass is 336 g/mol. The van der Waals surface area contributed by atoms with Gasteiger partial charge in [0.1, 0.15) is 0 Å². The topological polar surface area (TPSA) is 17.8 Å². The molecule has 0 aliphatic rings. The summed E-state index contributed by atoms with van der Waals surface area (Å²) in [6, 6.07) is 15.8. The number of hydrogen-bond acceptors (Lipinski definition) is 1. The van der Waals surface area contributed by atoms with Crippen molar-refractivity contribution in [1.82, 2.24) is 9.78 Å². The second-order valence-electron chi connectivity index (χ2n) is 5.13. The number of nitrogens with zero attached hydrogens (tertiary/aromatic N) is 2. The van der Waals surface area contributed by atoms with E-state index in [0.29, 0.717) is 11.3 Å². The summed E-state index contributed by atoms with van der Waals surface area (Å²) >= 11 is 6.04. The number of rotatable bonds is 2. The molecule has 0 aliphatic carbocycles. The van der Waals surface area contributed by atoms with Gasteiger partial charge in [-0.3, -0.25) is 0 Å². The Hall–Kier alpha value is -2.27. The van der Waals surface area contributed by atoms with E-state index in [9.17, 15) is 13.2 Å². The lowest BCUT2D eigenvalue weighted by molar-refractivity contribution is -0.141. The minimum atomic E-state index is -4.62. The van der Waals surface area contributed by atoms with Crippen LogP contribution in [0.3, 0.4) is 0 Å². The summed E-state index contributed by atoms with van der Waals surface area (Å²) in [6.45, 7) is 1.86. The van der Waals surface area contributed by atoms with Crippen molar-refractivity contribution in [2.45, 2.75) is 13.1 Å². The van der Waals surface area contributed by atoms with Crippen LogP contribution in [0.2, 0.25) is 5.02 Å². The van der Waals surface area contributed by atoms with E-state index in [2.05, 4.69) is 5.10 Å². The van der Waals surface area contributed by atoms with Gasteiger partial charge in [0.2, 0.25) is 0 Å². The van der Waals surface area contributed by atoms with E-state index in [0.717, 1.165) is 5.56 Å². The first-order valence-corrected chi connectivity index (χ1v) is 7.24. The summed E-state index contributed by atoms with van der Waals surface area (Å²) in [6.07, 6.45) is -4.62. The van der Waals surface area contributed by atoms with Gasteiger partial charge in [-0.2, -0.15) is 18.3 Å². The number of aryl methyl sites for hydroxylation is 1. The van der Waals surface area contributed by atoms with Crippen LogP contribution < -0.4 is 0 Å². The summed E-state index contributed by atoms with van der Waals surface area (Å²) in [5, 5.41) is 3.33. The second kappa shape index (κ2) is 5.74. The Labute approximate surface area is 136 Å². The lowest BCUT2D eigenvalue weighted by Crippen LogP contribution is -2.08. The third kappa shape index (κ3) is 2.97. The highest BCUT2D eigenvalue weighted by atomic mass is 35.5. The van der Waals surface area contributed by atoms with Gasteiger partial charge < -0.3 is 0 Å². The minimum Gasteiger partial charge on any atom is -0.231 e. The quantitative estimate of drug-likeness (QED) is 0.602. The number of alkyl halides is 3. The van der Waals surface area contributed by atoms with Crippen molar-refractivity contribution >= 4 is 11.6 Å². The first kappa shape index (κ1) is 15.6. The van der Waals surface area contributed by atoms with Gasteiger partial charge in [-0.15, -0.1) is 0 Å². The van der Waals surface area contributed by atoms with Gasteiger partial charge in [0.25, 0.3) is 0 Å². The fourth-order valence-corrected chi connectivity index (χ4v) is 2.71. The summed E-state index contributed by atoms with van der Waals surface area (Å²) in [5.41, 5.74) is 1.16. The maximum atomic E-state index is 13.2. The van der Waals surface area contributed by atoms with E-state index in [1.165, 1.54) is 4.68 Å². The molecule has 3 rings (SSSR count). The smallest absolute Gasteiger partial charge is 0.231 e. The molecule has 0 aliphatic heterocycles. The van der Waals surface area contributed by atoms with Crippen LogP contribution in [-0.4, -0.2) is 9.78 Å². The third-order valence-corrected chi connectivity index (χ3v) is 3.75. The molecule has 0 atom stereocenters. The van der Waals surface area contributed by atoms with Crippen LogP contribution in [0.5, 0.6) is 0 Å². The fourth-order valence-electron chi connectivity index (χ4n) is 2.37. The Morgan fingerprint density at radius 3 is 2.30 bits per heavy atom. The van der Waals surface area contributed by atoms with Crippen molar-refractivity contribution in [2.24, 2.45) is 0 Å². The first-order valence-electron chi connectivity index (χ1n) is 6.86. The molecule has 0 spiro atoms. The van der Waals surface area contributed by atoms with Crippen LogP contribution in [-0.2, 0) is 6.18 Å². The fraction of sp³-hybridized carbons (Fsp3) is 0.118. The predicted molar refractivity (Wildman–Crippen MR) is 83.7 cm³/mol. The molecule has 0 N–H and O–H groups in total. The molecule has 23 heavy (non-hydrogen) atoms. The molecule has 2 nitrogen and oxygen atoms in total. The Morgan fingerprint density at radius 2 is 1.70 bits per heavy atom. The first-order chi connectivity index (χ1) is 10.9. The molecule has 1 heterocycles. The maximum Gasteiger partial charge on any atom is 0.436 e. The highest BCUT2D eigenvalue weighted by Gasteiger charge is 2.39. The molecule has 0 bridgehead atoms. The average Bonchev–Trinajstić information content (AvgIpc) is 2.86. The van der Waals surface area contributed by atoms with Crippen molar-refractivity contribution in [3.8, 4) is 16.9 Å². The summed E-state index contributed by atoms with van der Waals surface area (Å²) in [7, 11) is 0. The van der Waals surface area contributed by atoms with Crippen molar-refractivity contribution < 1.29 is 13.2 Å². The summed E-state index contributed by atoms with van der Waals surface area (Å²) in [5.74, 6) is 0. The molecular weight excluding hydrogens is 325 g/mol. The SMILES string of the molecule is Cc1cccc(-n2nc(C(F)(F)F)c(Cl)c2-c2ccccc2)c1. The molecule has 0 saturated heterocycles. The van der Waals surface area contributed by atoms with Crippen LogP contribution in [0, 0.1) is 6.92 Å². The molecule has 118 valence electrons. The lowest BCUT2D eigenvalue weighted by atomic mass is 10.1.